The number of benzene rings is 2. The summed E-state index contributed by atoms with van der Waals surface area (Å²) in [5, 5.41) is 0. The molecule has 0 aliphatic heterocycles. The van der Waals surface area contributed by atoms with Crippen molar-refractivity contribution in [1.29, 1.82) is 0 Å². The Bertz CT molecular complexity index is 954. The van der Waals surface area contributed by atoms with Crippen molar-refractivity contribution >= 4 is 11.4 Å². The maximum atomic E-state index is 13.0. The maximum absolute atomic E-state index is 13.0. The summed E-state index contributed by atoms with van der Waals surface area (Å²) in [7, 11) is 0. The van der Waals surface area contributed by atoms with E-state index in [0.717, 1.165) is 54.5 Å². The number of ketones is 1. The largest absolute Gasteiger partial charge is 0.416 e. The number of halogens is 3. The average Bonchev–Trinajstić information content (AvgIpc) is 2.95. The lowest BCUT2D eigenvalue weighted by Gasteiger charge is -2.14. The molecule has 2 aromatic rings. The highest BCUT2D eigenvalue weighted by molar-refractivity contribution is 6.22. The fourth-order valence-electron chi connectivity index (χ4n) is 4.08. The molecule has 1 saturated carbocycles. The summed E-state index contributed by atoms with van der Waals surface area (Å²) in [5.74, 6) is 0.0237. The highest BCUT2D eigenvalue weighted by Crippen LogP contribution is 2.38. The van der Waals surface area contributed by atoms with Gasteiger partial charge in [-0.2, -0.15) is 13.2 Å². The number of carbonyl (C=O) groups is 1. The topological polar surface area (TPSA) is 17.1 Å². The molecule has 0 N–H and O–H groups in total. The summed E-state index contributed by atoms with van der Waals surface area (Å²) in [6, 6.07) is 12.7. The second-order valence-electron chi connectivity index (χ2n) is 7.50. The van der Waals surface area contributed by atoms with Crippen LogP contribution in [0.4, 0.5) is 13.2 Å². The zero-order valence-corrected chi connectivity index (χ0v) is 15.5. The number of hydrogen-bond donors (Lipinski definition) is 0. The van der Waals surface area contributed by atoms with Gasteiger partial charge in [0.15, 0.2) is 5.78 Å². The molecule has 0 amide bonds. The lowest BCUT2D eigenvalue weighted by molar-refractivity contribution is -0.137. The first-order valence-corrected chi connectivity index (χ1v) is 9.66. The maximum Gasteiger partial charge on any atom is 0.416 e. The number of fused-ring (bicyclic) bond motifs is 1. The average molecular weight is 382 g/mol. The lowest BCUT2D eigenvalue weighted by atomic mass is 9.91. The van der Waals surface area contributed by atoms with E-state index in [4.69, 9.17) is 0 Å². The number of carbonyl (C=O) groups excluding carboxylic acids is 1. The van der Waals surface area contributed by atoms with Crippen LogP contribution in [0.2, 0.25) is 0 Å². The van der Waals surface area contributed by atoms with Crippen LogP contribution in [0.1, 0.15) is 59.2 Å². The molecule has 0 bridgehead atoms. The zero-order valence-electron chi connectivity index (χ0n) is 15.5. The van der Waals surface area contributed by atoms with Crippen LogP contribution in [0.3, 0.4) is 0 Å². The molecule has 0 radical (unpaired) electrons. The van der Waals surface area contributed by atoms with Crippen molar-refractivity contribution < 1.29 is 18.0 Å². The van der Waals surface area contributed by atoms with E-state index in [0.29, 0.717) is 17.6 Å². The van der Waals surface area contributed by atoms with Crippen LogP contribution < -0.4 is 0 Å². The molecule has 4 rings (SSSR count). The predicted octanol–water partition coefficient (Wildman–Crippen LogP) is 6.79. The van der Waals surface area contributed by atoms with Crippen LogP contribution in [0.15, 0.2) is 65.8 Å². The Labute approximate surface area is 162 Å². The monoisotopic (exact) mass is 382 g/mol. The molecule has 2 aliphatic rings. The van der Waals surface area contributed by atoms with Crippen LogP contribution in [0.5, 0.6) is 0 Å². The van der Waals surface area contributed by atoms with Gasteiger partial charge < -0.3 is 0 Å². The molecule has 2 aromatic carbocycles. The molecule has 0 spiro atoms. The molecule has 28 heavy (non-hydrogen) atoms. The Morgan fingerprint density at radius 2 is 1.50 bits per heavy atom. The van der Waals surface area contributed by atoms with Gasteiger partial charge in [0.1, 0.15) is 0 Å². The van der Waals surface area contributed by atoms with Gasteiger partial charge in [-0.05, 0) is 60.9 Å². The highest BCUT2D eigenvalue weighted by atomic mass is 19.4. The second-order valence-corrected chi connectivity index (χ2v) is 7.50. The molecule has 1 nitrogen and oxygen atoms in total. The van der Waals surface area contributed by atoms with Gasteiger partial charge >= 0.3 is 6.18 Å². The lowest BCUT2D eigenvalue weighted by Crippen LogP contribution is -2.04. The zero-order chi connectivity index (χ0) is 19.7. The summed E-state index contributed by atoms with van der Waals surface area (Å²) < 4.78 is 38.5. The summed E-state index contributed by atoms with van der Waals surface area (Å²) in [6.07, 6.45) is 3.69. The quantitative estimate of drug-likeness (QED) is 0.571. The van der Waals surface area contributed by atoms with Crippen molar-refractivity contribution in [3.63, 3.8) is 0 Å². The Morgan fingerprint density at radius 3 is 2.14 bits per heavy atom. The summed E-state index contributed by atoms with van der Waals surface area (Å²) in [4.78, 5) is 13.0. The smallest absolute Gasteiger partial charge is 0.289 e. The first-order valence-electron chi connectivity index (χ1n) is 9.66. The molecule has 2 aliphatic carbocycles. The minimum atomic E-state index is -4.34. The number of hydrogen-bond acceptors (Lipinski definition) is 1. The Kier molecular flexibility index (Phi) is 4.96. The molecule has 0 saturated heterocycles. The Morgan fingerprint density at radius 1 is 0.857 bits per heavy atom. The number of allylic oxidation sites excluding steroid dienone is 4. The van der Waals surface area contributed by atoms with Crippen LogP contribution in [0.25, 0.3) is 5.57 Å². The van der Waals surface area contributed by atoms with E-state index in [-0.39, 0.29) is 5.78 Å². The summed E-state index contributed by atoms with van der Waals surface area (Å²) in [5.41, 5.74) is 4.62. The van der Waals surface area contributed by atoms with Crippen molar-refractivity contribution in [3.8, 4) is 0 Å². The van der Waals surface area contributed by atoms with Gasteiger partial charge in [-0.25, -0.2) is 0 Å². The summed E-state index contributed by atoms with van der Waals surface area (Å²) in [6.45, 7) is 0. The highest BCUT2D eigenvalue weighted by Gasteiger charge is 2.31. The fraction of sp³-hybridized carbons (Fsp3) is 0.292. The molecule has 4 heteroatoms. The van der Waals surface area contributed by atoms with Gasteiger partial charge in [-0.1, -0.05) is 54.5 Å². The molecule has 0 aromatic heterocycles. The minimum Gasteiger partial charge on any atom is -0.289 e. The number of alkyl halides is 3. The van der Waals surface area contributed by atoms with Gasteiger partial charge in [0.2, 0.25) is 0 Å². The fourth-order valence-corrected chi connectivity index (χ4v) is 4.08. The van der Waals surface area contributed by atoms with Crippen molar-refractivity contribution in [2.45, 2.75) is 44.7 Å². The van der Waals surface area contributed by atoms with E-state index in [1.54, 1.807) is 0 Å². The molecular weight excluding hydrogens is 361 g/mol. The van der Waals surface area contributed by atoms with Crippen molar-refractivity contribution in [2.75, 3.05) is 0 Å². The van der Waals surface area contributed by atoms with Crippen LogP contribution in [-0.4, -0.2) is 5.78 Å². The molecule has 0 heterocycles. The third-order valence-corrected chi connectivity index (χ3v) is 5.57. The van der Waals surface area contributed by atoms with Crippen LogP contribution in [-0.2, 0) is 12.6 Å². The van der Waals surface area contributed by atoms with E-state index in [1.165, 1.54) is 24.1 Å². The molecular formula is C24H21F3O. The van der Waals surface area contributed by atoms with Gasteiger partial charge in [0.25, 0.3) is 0 Å². The number of Topliss-reactive ketones (excluding diaryl/α,β-unsaturated/α-hetero) is 1. The normalized spacial score (nSPS) is 17.1. The molecule has 0 unspecified atom stereocenters. The van der Waals surface area contributed by atoms with Crippen molar-refractivity contribution in [2.24, 2.45) is 0 Å². The third-order valence-electron chi connectivity index (χ3n) is 5.57. The SMILES string of the molecule is O=C1C(C=C2CCCCC2)=C(Cc2ccc(C(F)(F)F)cc2)c2ccccc21. The van der Waals surface area contributed by atoms with Gasteiger partial charge in [-0.3, -0.25) is 4.79 Å². The van der Waals surface area contributed by atoms with E-state index < -0.39 is 11.7 Å². The Hall–Kier alpha value is -2.62. The van der Waals surface area contributed by atoms with Crippen LogP contribution >= 0.6 is 0 Å². The van der Waals surface area contributed by atoms with Crippen molar-refractivity contribution in [1.82, 2.24) is 0 Å². The second kappa shape index (κ2) is 7.42. The predicted molar refractivity (Wildman–Crippen MR) is 104 cm³/mol. The molecule has 144 valence electrons. The minimum absolute atomic E-state index is 0.0237. The van der Waals surface area contributed by atoms with Gasteiger partial charge in [0.05, 0.1) is 5.56 Å². The summed E-state index contributed by atoms with van der Waals surface area (Å²) >= 11 is 0. The van der Waals surface area contributed by atoms with E-state index in [9.17, 15) is 18.0 Å². The standard InChI is InChI=1S/C24H21F3O/c25-24(26,27)18-12-10-17(11-13-18)14-21-19-8-4-5-9-20(19)23(28)22(21)15-16-6-2-1-3-7-16/h4-5,8-13,15H,1-3,6-7,14H2. The molecule has 1 fully saturated rings. The van der Waals surface area contributed by atoms with E-state index in [1.807, 2.05) is 30.3 Å². The van der Waals surface area contributed by atoms with Crippen molar-refractivity contribution in [3.05, 3.63) is 88.0 Å². The van der Waals surface area contributed by atoms with Crippen LogP contribution in [0, 0.1) is 0 Å². The molecule has 0 atom stereocenters. The van der Waals surface area contributed by atoms with Gasteiger partial charge in [0, 0.05) is 11.1 Å². The van der Waals surface area contributed by atoms with Gasteiger partial charge in [-0.15, -0.1) is 0 Å². The van der Waals surface area contributed by atoms with E-state index >= 15 is 0 Å². The first kappa shape index (κ1) is 18.7. The third kappa shape index (κ3) is 3.68. The number of rotatable bonds is 3. The first-order chi connectivity index (χ1) is 13.4. The Balaban J connectivity index is 1.72. The van der Waals surface area contributed by atoms with E-state index in [2.05, 4.69) is 0 Å².